The van der Waals surface area contributed by atoms with Crippen LogP contribution >= 0.6 is 0 Å². The first-order valence-electron chi connectivity index (χ1n) is 7.58. The Balaban J connectivity index is 2.72. The molecule has 0 aliphatic heterocycles. The molecule has 1 aromatic carbocycles. The summed E-state index contributed by atoms with van der Waals surface area (Å²) in [5, 5.41) is 0. The minimum absolute atomic E-state index is 0.238. The average molecular weight is 273 g/mol. The lowest BCUT2D eigenvalue weighted by Gasteiger charge is -2.24. The molecule has 1 aromatic rings. The highest BCUT2D eigenvalue weighted by molar-refractivity contribution is 5.76. The van der Waals surface area contributed by atoms with E-state index in [9.17, 15) is 4.79 Å². The van der Waals surface area contributed by atoms with Gasteiger partial charge in [0.15, 0.2) is 0 Å². The first-order chi connectivity index (χ1) is 9.58. The van der Waals surface area contributed by atoms with Crippen LogP contribution < -0.4 is 0 Å². The van der Waals surface area contributed by atoms with Crippen LogP contribution in [0, 0.1) is 5.92 Å². The minimum atomic E-state index is 0.238. The lowest BCUT2D eigenvalue weighted by Crippen LogP contribution is -2.34. The topological polar surface area (TPSA) is 20.3 Å². The molecule has 0 bridgehead atoms. The van der Waals surface area contributed by atoms with Crippen LogP contribution in [-0.4, -0.2) is 23.9 Å². The van der Waals surface area contributed by atoms with Crippen molar-refractivity contribution in [2.45, 2.75) is 40.5 Å². The van der Waals surface area contributed by atoms with Gasteiger partial charge in [-0.1, -0.05) is 63.6 Å². The Kier molecular flexibility index (Phi) is 7.06. The van der Waals surface area contributed by atoms with E-state index in [2.05, 4.69) is 39.0 Å². The molecule has 1 rings (SSSR count). The van der Waals surface area contributed by atoms with Gasteiger partial charge in [-0.25, -0.2) is 0 Å². The van der Waals surface area contributed by atoms with Crippen molar-refractivity contribution in [3.8, 4) is 0 Å². The van der Waals surface area contributed by atoms with E-state index in [-0.39, 0.29) is 5.91 Å². The number of carbonyl (C=O) groups is 1. The fourth-order valence-electron chi connectivity index (χ4n) is 2.07. The highest BCUT2D eigenvalue weighted by Gasteiger charge is 2.13. The summed E-state index contributed by atoms with van der Waals surface area (Å²) in [4.78, 5) is 14.0. The Bertz CT molecular complexity index is 436. The molecule has 0 fully saturated rings. The fourth-order valence-corrected chi connectivity index (χ4v) is 2.07. The summed E-state index contributed by atoms with van der Waals surface area (Å²) in [7, 11) is 0. The van der Waals surface area contributed by atoms with Crippen molar-refractivity contribution in [3.63, 3.8) is 0 Å². The van der Waals surface area contributed by atoms with Gasteiger partial charge in [-0.2, -0.15) is 0 Å². The van der Waals surface area contributed by atoms with Crippen LogP contribution in [0.25, 0.3) is 5.57 Å². The van der Waals surface area contributed by atoms with Gasteiger partial charge in [-0.15, -0.1) is 0 Å². The van der Waals surface area contributed by atoms with Crippen molar-refractivity contribution < 1.29 is 4.79 Å². The van der Waals surface area contributed by atoms with Crippen molar-refractivity contribution in [2.75, 3.05) is 13.1 Å². The number of carbonyl (C=O) groups excluding carboxylic acids is 1. The molecule has 0 aromatic heterocycles. The van der Waals surface area contributed by atoms with Gasteiger partial charge < -0.3 is 4.90 Å². The third kappa shape index (κ3) is 5.20. The molecule has 20 heavy (non-hydrogen) atoms. The third-order valence-corrected chi connectivity index (χ3v) is 3.73. The van der Waals surface area contributed by atoms with E-state index in [0.717, 1.165) is 13.0 Å². The summed E-state index contributed by atoms with van der Waals surface area (Å²) in [6, 6.07) is 10.3. The molecule has 0 heterocycles. The molecule has 0 aliphatic rings. The van der Waals surface area contributed by atoms with Gasteiger partial charge in [-0.3, -0.25) is 4.79 Å². The molecule has 2 nitrogen and oxygen atoms in total. The second-order valence-corrected chi connectivity index (χ2v) is 5.42. The monoisotopic (exact) mass is 273 g/mol. The van der Waals surface area contributed by atoms with Gasteiger partial charge in [0.05, 0.1) is 0 Å². The molecular formula is C18H27NO. The number of hydrogen-bond donors (Lipinski definition) is 0. The van der Waals surface area contributed by atoms with Crippen LogP contribution in [0.3, 0.4) is 0 Å². The third-order valence-electron chi connectivity index (χ3n) is 3.73. The van der Waals surface area contributed by atoms with Gasteiger partial charge in [0, 0.05) is 19.5 Å². The number of amides is 1. The minimum Gasteiger partial charge on any atom is -0.339 e. The van der Waals surface area contributed by atoms with Crippen LogP contribution in [0.4, 0.5) is 0 Å². The number of hydrogen-bond acceptors (Lipinski definition) is 1. The van der Waals surface area contributed by atoms with E-state index < -0.39 is 0 Å². The smallest absolute Gasteiger partial charge is 0.222 e. The van der Waals surface area contributed by atoms with Gasteiger partial charge in [-0.05, 0) is 24.0 Å². The summed E-state index contributed by atoms with van der Waals surface area (Å²) in [6.45, 7) is 9.96. The predicted octanol–water partition coefficient (Wildman–Crippen LogP) is 4.37. The number of rotatable bonds is 7. The van der Waals surface area contributed by atoms with Gasteiger partial charge in [0.2, 0.25) is 5.91 Å². The zero-order chi connectivity index (χ0) is 15.0. The quantitative estimate of drug-likeness (QED) is 0.722. The highest BCUT2D eigenvalue weighted by Crippen LogP contribution is 2.13. The lowest BCUT2D eigenvalue weighted by molar-refractivity contribution is -0.130. The molecule has 1 amide bonds. The SMILES string of the molecule is CCC(=O)N(C/C=C(/C)c1ccccc1)CC(C)CC. The number of benzene rings is 1. The predicted molar refractivity (Wildman–Crippen MR) is 86.4 cm³/mol. The van der Waals surface area contributed by atoms with Crippen molar-refractivity contribution in [3.05, 3.63) is 42.0 Å². The van der Waals surface area contributed by atoms with E-state index in [0.29, 0.717) is 18.9 Å². The Labute approximate surface area is 123 Å². The van der Waals surface area contributed by atoms with Gasteiger partial charge in [0.25, 0.3) is 0 Å². The van der Waals surface area contributed by atoms with Crippen molar-refractivity contribution in [2.24, 2.45) is 5.92 Å². The maximum absolute atomic E-state index is 12.0. The second kappa shape index (κ2) is 8.57. The largest absolute Gasteiger partial charge is 0.339 e. The number of allylic oxidation sites excluding steroid dienone is 1. The van der Waals surface area contributed by atoms with Crippen molar-refractivity contribution >= 4 is 11.5 Å². The van der Waals surface area contributed by atoms with E-state index >= 15 is 0 Å². The Hall–Kier alpha value is -1.57. The van der Waals surface area contributed by atoms with Crippen molar-refractivity contribution in [1.82, 2.24) is 4.90 Å². The zero-order valence-electron chi connectivity index (χ0n) is 13.2. The summed E-state index contributed by atoms with van der Waals surface area (Å²) >= 11 is 0. The Morgan fingerprint density at radius 3 is 2.45 bits per heavy atom. The first-order valence-corrected chi connectivity index (χ1v) is 7.58. The molecule has 0 saturated heterocycles. The van der Waals surface area contributed by atoms with Crippen molar-refractivity contribution in [1.29, 1.82) is 0 Å². The van der Waals surface area contributed by atoms with Crippen LogP contribution in [0.1, 0.15) is 46.1 Å². The van der Waals surface area contributed by atoms with Crippen LogP contribution in [0.15, 0.2) is 36.4 Å². The number of nitrogens with zero attached hydrogens (tertiary/aromatic N) is 1. The fraction of sp³-hybridized carbons (Fsp3) is 0.500. The molecule has 1 unspecified atom stereocenters. The van der Waals surface area contributed by atoms with E-state index in [1.54, 1.807) is 0 Å². The van der Waals surface area contributed by atoms with Crippen LogP contribution in [0.2, 0.25) is 0 Å². The summed E-state index contributed by atoms with van der Waals surface area (Å²) in [5.41, 5.74) is 2.45. The normalized spacial score (nSPS) is 13.1. The van der Waals surface area contributed by atoms with Crippen LogP contribution in [-0.2, 0) is 4.79 Å². The molecule has 0 aliphatic carbocycles. The maximum Gasteiger partial charge on any atom is 0.222 e. The molecule has 0 radical (unpaired) electrons. The molecule has 0 saturated carbocycles. The summed E-state index contributed by atoms with van der Waals surface area (Å²) in [6.07, 6.45) is 3.84. The van der Waals surface area contributed by atoms with E-state index in [1.807, 2.05) is 30.0 Å². The first kappa shape index (κ1) is 16.5. The molecule has 2 heteroatoms. The van der Waals surface area contributed by atoms with Crippen LogP contribution in [0.5, 0.6) is 0 Å². The Morgan fingerprint density at radius 1 is 1.25 bits per heavy atom. The molecule has 0 N–H and O–H groups in total. The maximum atomic E-state index is 12.0. The second-order valence-electron chi connectivity index (χ2n) is 5.42. The highest BCUT2D eigenvalue weighted by atomic mass is 16.2. The van der Waals surface area contributed by atoms with E-state index in [1.165, 1.54) is 11.1 Å². The summed E-state index contributed by atoms with van der Waals surface area (Å²) < 4.78 is 0. The summed E-state index contributed by atoms with van der Waals surface area (Å²) in [5.74, 6) is 0.790. The zero-order valence-corrected chi connectivity index (χ0v) is 13.2. The average Bonchev–Trinajstić information content (AvgIpc) is 2.50. The Morgan fingerprint density at radius 2 is 1.90 bits per heavy atom. The van der Waals surface area contributed by atoms with E-state index in [4.69, 9.17) is 0 Å². The molecule has 1 atom stereocenters. The standard InChI is InChI=1S/C18H27NO/c1-5-15(3)14-19(18(20)6-2)13-12-16(4)17-10-8-7-9-11-17/h7-12,15H,5-6,13-14H2,1-4H3/b16-12-. The molecule has 0 spiro atoms. The lowest BCUT2D eigenvalue weighted by atomic mass is 10.1. The molecule has 110 valence electrons. The van der Waals surface area contributed by atoms with Gasteiger partial charge in [0.1, 0.15) is 0 Å². The molecular weight excluding hydrogens is 246 g/mol. The van der Waals surface area contributed by atoms with Gasteiger partial charge >= 0.3 is 0 Å².